The van der Waals surface area contributed by atoms with E-state index in [9.17, 15) is 0 Å². The molecule has 0 aliphatic rings. The average Bonchev–Trinajstić information content (AvgIpc) is 2.58. The number of aryl methyl sites for hydroxylation is 1. The molecule has 4 heteroatoms. The summed E-state index contributed by atoms with van der Waals surface area (Å²) in [5, 5.41) is 3.37. The van der Waals surface area contributed by atoms with E-state index < -0.39 is 0 Å². The zero-order valence-corrected chi connectivity index (χ0v) is 9.16. The maximum Gasteiger partial charge on any atom is 0.0945 e. The van der Waals surface area contributed by atoms with Crippen molar-refractivity contribution in [2.24, 2.45) is 7.05 Å². The summed E-state index contributed by atoms with van der Waals surface area (Å²) in [7, 11) is 2.00. The van der Waals surface area contributed by atoms with E-state index >= 15 is 0 Å². The molecule has 0 aromatic carbocycles. The molecule has 0 spiro atoms. The zero-order chi connectivity index (χ0) is 10.4. The van der Waals surface area contributed by atoms with Crippen LogP contribution >= 0.6 is 0 Å². The molecular formula is C10H19N3O. The summed E-state index contributed by atoms with van der Waals surface area (Å²) in [4.78, 5) is 4.05. The normalized spacial score (nSPS) is 13.1. The Kier molecular flexibility index (Phi) is 4.62. The highest BCUT2D eigenvalue weighted by Gasteiger charge is 2.02. The van der Waals surface area contributed by atoms with E-state index in [4.69, 9.17) is 4.74 Å². The van der Waals surface area contributed by atoms with E-state index in [0.717, 1.165) is 19.8 Å². The zero-order valence-electron chi connectivity index (χ0n) is 9.16. The fourth-order valence-electron chi connectivity index (χ4n) is 1.19. The first kappa shape index (κ1) is 11.2. The molecule has 0 amide bonds. The first-order chi connectivity index (χ1) is 6.74. The molecule has 1 rings (SSSR count). The van der Waals surface area contributed by atoms with E-state index in [1.54, 1.807) is 0 Å². The van der Waals surface area contributed by atoms with Crippen molar-refractivity contribution in [2.75, 3.05) is 13.2 Å². The molecule has 0 radical (unpaired) electrons. The van der Waals surface area contributed by atoms with Gasteiger partial charge in [0.1, 0.15) is 0 Å². The quantitative estimate of drug-likeness (QED) is 0.737. The maximum absolute atomic E-state index is 5.31. The van der Waals surface area contributed by atoms with Crippen molar-refractivity contribution in [2.45, 2.75) is 26.4 Å². The van der Waals surface area contributed by atoms with E-state index in [1.807, 2.05) is 31.1 Å². The van der Waals surface area contributed by atoms with Gasteiger partial charge in [0.05, 0.1) is 18.6 Å². The van der Waals surface area contributed by atoms with Crippen molar-refractivity contribution in [3.63, 3.8) is 0 Å². The summed E-state index contributed by atoms with van der Waals surface area (Å²) in [6.45, 7) is 6.50. The van der Waals surface area contributed by atoms with Crippen LogP contribution in [0.5, 0.6) is 0 Å². The molecule has 1 N–H and O–H groups in total. The maximum atomic E-state index is 5.31. The third kappa shape index (κ3) is 3.47. The van der Waals surface area contributed by atoms with Gasteiger partial charge in [-0.05, 0) is 13.8 Å². The number of nitrogens with one attached hydrogen (secondary N) is 1. The average molecular weight is 197 g/mol. The molecule has 80 valence electrons. The third-order valence-electron chi connectivity index (χ3n) is 2.12. The number of hydrogen-bond donors (Lipinski definition) is 1. The minimum Gasteiger partial charge on any atom is -0.380 e. The van der Waals surface area contributed by atoms with E-state index in [0.29, 0.717) is 6.04 Å². The molecule has 1 heterocycles. The Labute approximate surface area is 85.3 Å². The number of ether oxygens (including phenoxy) is 1. The fraction of sp³-hybridized carbons (Fsp3) is 0.700. The number of hydrogen-bond acceptors (Lipinski definition) is 3. The topological polar surface area (TPSA) is 39.1 Å². The van der Waals surface area contributed by atoms with Crippen molar-refractivity contribution in [3.8, 4) is 0 Å². The van der Waals surface area contributed by atoms with Crippen LogP contribution in [0.15, 0.2) is 12.5 Å². The summed E-state index contributed by atoms with van der Waals surface area (Å²) in [5.74, 6) is 0. The molecule has 1 aromatic heterocycles. The first-order valence-electron chi connectivity index (χ1n) is 5.00. The fourth-order valence-corrected chi connectivity index (χ4v) is 1.19. The highest BCUT2D eigenvalue weighted by molar-refractivity contribution is 4.96. The second-order valence-electron chi connectivity index (χ2n) is 3.44. The Morgan fingerprint density at radius 2 is 2.43 bits per heavy atom. The molecular weight excluding hydrogens is 178 g/mol. The minimum absolute atomic E-state index is 0.379. The molecule has 4 nitrogen and oxygen atoms in total. The van der Waals surface area contributed by atoms with Crippen molar-refractivity contribution in [3.05, 3.63) is 18.2 Å². The van der Waals surface area contributed by atoms with Crippen LogP contribution in [0, 0.1) is 0 Å². The van der Waals surface area contributed by atoms with Crippen LogP contribution in [0.3, 0.4) is 0 Å². The lowest BCUT2D eigenvalue weighted by Gasteiger charge is -2.13. The molecule has 1 atom stereocenters. The van der Waals surface area contributed by atoms with Crippen LogP contribution in [0.4, 0.5) is 0 Å². The lowest BCUT2D eigenvalue weighted by molar-refractivity contribution is 0.127. The summed E-state index contributed by atoms with van der Waals surface area (Å²) in [6.07, 6.45) is 3.69. The SMILES string of the molecule is CCOCC(C)NCc1cncn1C. The minimum atomic E-state index is 0.379. The van der Waals surface area contributed by atoms with Crippen LogP contribution in [0.2, 0.25) is 0 Å². The van der Waals surface area contributed by atoms with Gasteiger partial charge in [-0.25, -0.2) is 4.98 Å². The van der Waals surface area contributed by atoms with Gasteiger partial charge in [0, 0.05) is 32.4 Å². The van der Waals surface area contributed by atoms with Gasteiger partial charge >= 0.3 is 0 Å². The smallest absolute Gasteiger partial charge is 0.0945 e. The highest BCUT2D eigenvalue weighted by Crippen LogP contribution is 1.96. The van der Waals surface area contributed by atoms with Gasteiger partial charge in [0.15, 0.2) is 0 Å². The Hall–Kier alpha value is -0.870. The lowest BCUT2D eigenvalue weighted by atomic mass is 10.3. The van der Waals surface area contributed by atoms with E-state index in [-0.39, 0.29) is 0 Å². The molecule has 1 aromatic rings. The number of aromatic nitrogens is 2. The number of nitrogens with zero attached hydrogens (tertiary/aromatic N) is 2. The van der Waals surface area contributed by atoms with Crippen molar-refractivity contribution < 1.29 is 4.74 Å². The van der Waals surface area contributed by atoms with Crippen molar-refractivity contribution in [1.82, 2.24) is 14.9 Å². The monoisotopic (exact) mass is 197 g/mol. The van der Waals surface area contributed by atoms with Crippen LogP contribution in [-0.4, -0.2) is 28.8 Å². The van der Waals surface area contributed by atoms with Crippen LogP contribution in [0.25, 0.3) is 0 Å². The summed E-state index contributed by atoms with van der Waals surface area (Å²) in [5.41, 5.74) is 1.19. The molecule has 1 unspecified atom stereocenters. The second kappa shape index (κ2) is 5.78. The van der Waals surface area contributed by atoms with Crippen molar-refractivity contribution in [1.29, 1.82) is 0 Å². The van der Waals surface area contributed by atoms with Gasteiger partial charge in [-0.15, -0.1) is 0 Å². The third-order valence-corrected chi connectivity index (χ3v) is 2.12. The van der Waals surface area contributed by atoms with Gasteiger partial charge in [-0.2, -0.15) is 0 Å². The van der Waals surface area contributed by atoms with Gasteiger partial charge < -0.3 is 14.6 Å². The van der Waals surface area contributed by atoms with Gasteiger partial charge in [0.2, 0.25) is 0 Å². The number of rotatable bonds is 6. The highest BCUT2D eigenvalue weighted by atomic mass is 16.5. The lowest BCUT2D eigenvalue weighted by Crippen LogP contribution is -2.30. The summed E-state index contributed by atoms with van der Waals surface area (Å²) in [6, 6.07) is 0.379. The molecule has 0 bridgehead atoms. The Bertz CT molecular complexity index is 260. The largest absolute Gasteiger partial charge is 0.380 e. The molecule has 0 fully saturated rings. The van der Waals surface area contributed by atoms with Gasteiger partial charge in [-0.1, -0.05) is 0 Å². The molecule has 0 saturated heterocycles. The Balaban J connectivity index is 2.23. The summed E-state index contributed by atoms with van der Waals surface area (Å²) < 4.78 is 7.32. The standard InChI is InChI=1S/C10H19N3O/c1-4-14-7-9(2)12-6-10-5-11-8-13(10)3/h5,8-9,12H,4,6-7H2,1-3H3. The Morgan fingerprint density at radius 1 is 1.64 bits per heavy atom. The van der Waals surface area contributed by atoms with Crippen LogP contribution in [0.1, 0.15) is 19.5 Å². The predicted molar refractivity (Wildman–Crippen MR) is 56.0 cm³/mol. The molecule has 0 aliphatic carbocycles. The van der Waals surface area contributed by atoms with E-state index in [2.05, 4.69) is 17.2 Å². The van der Waals surface area contributed by atoms with Crippen molar-refractivity contribution >= 4 is 0 Å². The van der Waals surface area contributed by atoms with Crippen LogP contribution < -0.4 is 5.32 Å². The first-order valence-corrected chi connectivity index (χ1v) is 5.00. The summed E-state index contributed by atoms with van der Waals surface area (Å²) >= 11 is 0. The van der Waals surface area contributed by atoms with Gasteiger partial charge in [0.25, 0.3) is 0 Å². The predicted octanol–water partition coefficient (Wildman–Crippen LogP) is 0.935. The molecule has 0 saturated carbocycles. The number of imidazole rings is 1. The van der Waals surface area contributed by atoms with E-state index in [1.165, 1.54) is 5.69 Å². The Morgan fingerprint density at radius 3 is 3.00 bits per heavy atom. The second-order valence-corrected chi connectivity index (χ2v) is 3.44. The van der Waals surface area contributed by atoms with Crippen LogP contribution in [-0.2, 0) is 18.3 Å². The molecule has 14 heavy (non-hydrogen) atoms. The molecule has 0 aliphatic heterocycles. The van der Waals surface area contributed by atoms with Gasteiger partial charge in [-0.3, -0.25) is 0 Å².